The Hall–Kier alpha value is -2.05. The third-order valence-corrected chi connectivity index (χ3v) is 20.2. The number of fused-ring (bicyclic) bond motifs is 10. The number of rotatable bonds is 4. The topological polar surface area (TPSA) is 135 Å². The molecular weight excluding hydrogens is 721 g/mol. The maximum Gasteiger partial charge on any atom is 0.0949 e. The van der Waals surface area contributed by atoms with Crippen molar-refractivity contribution in [1.82, 2.24) is 9.55 Å². The van der Waals surface area contributed by atoms with E-state index in [9.17, 15) is 20.4 Å². The summed E-state index contributed by atoms with van der Waals surface area (Å²) in [6, 6.07) is 2.21. The van der Waals surface area contributed by atoms with Gasteiger partial charge in [0.25, 0.3) is 0 Å². The van der Waals surface area contributed by atoms with E-state index in [1.54, 1.807) is 0 Å². The number of imidazole rings is 1. The van der Waals surface area contributed by atoms with Gasteiger partial charge < -0.3 is 25.0 Å². The van der Waals surface area contributed by atoms with Crippen molar-refractivity contribution in [3.05, 3.63) is 30.0 Å². The second-order valence-corrected chi connectivity index (χ2v) is 21.9. The molecule has 4 N–H and O–H groups in total. The van der Waals surface area contributed by atoms with Gasteiger partial charge in [0.05, 0.1) is 47.9 Å². The summed E-state index contributed by atoms with van der Waals surface area (Å²) in [4.78, 5) is 9.40. The molecule has 10 rings (SSSR count). The van der Waals surface area contributed by atoms with E-state index >= 15 is 0 Å². The van der Waals surface area contributed by atoms with Crippen LogP contribution in [0.1, 0.15) is 183 Å². The van der Waals surface area contributed by atoms with Gasteiger partial charge in [-0.1, -0.05) is 48.6 Å². The van der Waals surface area contributed by atoms with Gasteiger partial charge >= 0.3 is 0 Å². The Labute approximate surface area is 351 Å². The zero-order chi connectivity index (χ0) is 39.3. The van der Waals surface area contributed by atoms with E-state index in [0.717, 1.165) is 108 Å². The van der Waals surface area contributed by atoms with E-state index in [1.807, 2.05) is 17.1 Å². The molecule has 16 atom stereocenters. The first-order valence-corrected chi connectivity index (χ1v) is 23.1. The lowest BCUT2D eigenvalue weighted by Gasteiger charge is -2.63. The van der Waals surface area contributed by atoms with E-state index in [0.29, 0.717) is 65.7 Å². The molecule has 58 heavy (non-hydrogen) atoms. The second-order valence-electron chi connectivity index (χ2n) is 21.9. The molecule has 324 valence electrons. The van der Waals surface area contributed by atoms with Gasteiger partial charge in [0, 0.05) is 53.7 Å². The predicted molar refractivity (Wildman–Crippen MR) is 232 cm³/mol. The van der Waals surface area contributed by atoms with Crippen LogP contribution in [0.25, 0.3) is 0 Å². The van der Waals surface area contributed by atoms with E-state index < -0.39 is 11.2 Å². The second kappa shape index (κ2) is 15.7. The molecule has 8 heteroatoms. The summed E-state index contributed by atoms with van der Waals surface area (Å²) in [7, 11) is 0. The number of aliphatic hydroxyl groups is 4. The zero-order valence-electron chi connectivity index (χ0n) is 35.0. The van der Waals surface area contributed by atoms with Crippen LogP contribution in [0.3, 0.4) is 0 Å². The fourth-order valence-corrected chi connectivity index (χ4v) is 16.8. The maximum atomic E-state index is 12.3. The molecule has 0 aromatic carbocycles. The molecule has 0 bridgehead atoms. The van der Waals surface area contributed by atoms with Crippen LogP contribution in [0.2, 0.25) is 0 Å². The maximum absolute atomic E-state index is 12.3. The number of allylic oxidation sites excluding steroid dienone is 2. The molecule has 0 saturated heterocycles. The van der Waals surface area contributed by atoms with Gasteiger partial charge in [-0.2, -0.15) is 5.26 Å². The molecule has 2 heterocycles. The quantitative estimate of drug-likeness (QED) is 0.240. The van der Waals surface area contributed by atoms with E-state index in [1.165, 1.54) is 25.0 Å². The first kappa shape index (κ1) is 44.0. The highest BCUT2D eigenvalue weighted by molar-refractivity contribution is 5.65. The molecule has 8 aliphatic carbocycles. The normalized spacial score (nSPS) is 49.7. The van der Waals surface area contributed by atoms with Gasteiger partial charge in [0.15, 0.2) is 0 Å². The average molecular weight is 801 g/mol. The van der Waals surface area contributed by atoms with Crippen molar-refractivity contribution in [2.45, 2.75) is 207 Å². The minimum absolute atomic E-state index is 0. The molecule has 0 amide bonds. The molecule has 0 radical (unpaired) electrons. The Kier molecular flexibility index (Phi) is 11.9. The highest BCUT2D eigenvalue weighted by atomic mass is 16.3. The van der Waals surface area contributed by atoms with E-state index in [2.05, 4.69) is 51.0 Å². The van der Waals surface area contributed by atoms with Gasteiger partial charge in [0.1, 0.15) is 0 Å². The SMILES string of the molecule is C.C.C[C@]12CC[C@H](O)C[C@H]1CCC1C2CC[C@]2(C)[C@@H](C3=CCC=N3)CC[C@]12O.C[C@]12CC[C@H](O)C[C@H]1CCC1C2CC[C@]2(C)[C@@H](c3cn(CCC#N)cn3)CC[C@]12O. The van der Waals surface area contributed by atoms with Crippen LogP contribution >= 0.6 is 0 Å². The molecule has 8 fully saturated rings. The fraction of sp³-hybridized carbons (Fsp3) is 0.860. The van der Waals surface area contributed by atoms with Crippen molar-refractivity contribution in [2.75, 3.05) is 0 Å². The Balaban J connectivity index is 0.000000172. The summed E-state index contributed by atoms with van der Waals surface area (Å²) in [5, 5.41) is 53.7. The van der Waals surface area contributed by atoms with Crippen LogP contribution < -0.4 is 0 Å². The van der Waals surface area contributed by atoms with Crippen molar-refractivity contribution < 1.29 is 20.4 Å². The van der Waals surface area contributed by atoms with Crippen LogP contribution in [0.4, 0.5) is 0 Å². The van der Waals surface area contributed by atoms with Crippen LogP contribution in [-0.2, 0) is 6.54 Å². The summed E-state index contributed by atoms with van der Waals surface area (Å²) in [6.07, 6.45) is 28.8. The number of nitrogens with zero attached hydrogens (tertiary/aromatic N) is 4. The lowest BCUT2D eigenvalue weighted by atomic mass is 9.43. The first-order valence-electron chi connectivity index (χ1n) is 23.1. The predicted octanol–water partition coefficient (Wildman–Crippen LogP) is 10.2. The third kappa shape index (κ3) is 6.38. The molecule has 9 aliphatic rings. The minimum atomic E-state index is -0.610. The number of aliphatic imine (C=N–C) groups is 1. The fourth-order valence-electron chi connectivity index (χ4n) is 16.8. The number of hydrogen-bond donors (Lipinski definition) is 4. The van der Waals surface area contributed by atoms with Crippen LogP contribution in [-0.4, -0.2) is 59.6 Å². The monoisotopic (exact) mass is 801 g/mol. The molecule has 8 nitrogen and oxygen atoms in total. The number of aryl methyl sites for hydroxylation is 1. The summed E-state index contributed by atoms with van der Waals surface area (Å²) >= 11 is 0. The van der Waals surface area contributed by atoms with Crippen molar-refractivity contribution in [3.8, 4) is 6.07 Å². The third-order valence-electron chi connectivity index (χ3n) is 20.2. The molecule has 4 unspecified atom stereocenters. The number of hydrogen-bond acceptors (Lipinski definition) is 7. The van der Waals surface area contributed by atoms with Crippen molar-refractivity contribution in [1.29, 1.82) is 5.26 Å². The Morgan fingerprint density at radius 2 is 1.22 bits per heavy atom. The molecule has 0 spiro atoms. The lowest BCUT2D eigenvalue weighted by Crippen LogP contribution is -2.62. The number of aromatic nitrogens is 2. The molecule has 1 aliphatic heterocycles. The van der Waals surface area contributed by atoms with Crippen LogP contribution in [0.5, 0.6) is 0 Å². The molecule has 8 saturated carbocycles. The van der Waals surface area contributed by atoms with Crippen molar-refractivity contribution >= 4 is 6.21 Å². The van der Waals surface area contributed by atoms with Crippen LogP contribution in [0.15, 0.2) is 29.3 Å². The van der Waals surface area contributed by atoms with Crippen molar-refractivity contribution in [3.63, 3.8) is 0 Å². The highest BCUT2D eigenvalue weighted by Gasteiger charge is 2.69. The number of nitriles is 1. The van der Waals surface area contributed by atoms with Gasteiger partial charge in [-0.3, -0.25) is 4.99 Å². The minimum Gasteiger partial charge on any atom is -0.393 e. The summed E-state index contributed by atoms with van der Waals surface area (Å²) in [6.45, 7) is 10.3. The Morgan fingerprint density at radius 1 is 0.690 bits per heavy atom. The summed E-state index contributed by atoms with van der Waals surface area (Å²) < 4.78 is 2.03. The first-order chi connectivity index (χ1) is 26.7. The Morgan fingerprint density at radius 3 is 1.74 bits per heavy atom. The largest absolute Gasteiger partial charge is 0.393 e. The van der Waals surface area contributed by atoms with E-state index in [4.69, 9.17) is 10.2 Å². The smallest absolute Gasteiger partial charge is 0.0949 e. The number of aliphatic hydroxyl groups excluding tert-OH is 2. The molecular formula is C50H80N4O4. The highest BCUT2D eigenvalue weighted by Crippen LogP contribution is 2.72. The average Bonchev–Trinajstić information content (AvgIpc) is 3.97. The Bertz CT molecular complexity index is 1750. The van der Waals surface area contributed by atoms with Gasteiger partial charge in [-0.05, 0) is 162 Å². The summed E-state index contributed by atoms with van der Waals surface area (Å²) in [5.41, 5.74) is 1.68. The molecule has 1 aromatic rings. The zero-order valence-corrected chi connectivity index (χ0v) is 35.0. The van der Waals surface area contributed by atoms with E-state index in [-0.39, 0.29) is 43.3 Å². The standard InChI is InChI=1S/C25H37N3O2.C23H35NO2.2CH4/c1-23-9-6-18(29)14-17(23)4-5-20-19(23)7-10-24(2)21(8-11-25(20,24)30)22-15-28(16-27-22)13-3-12-26;1-21-10-7-16(25)14-15(21)5-6-18-17(21)8-11-22(2)19(9-12-23(18,22)26)20-4-3-13-24-20;;/h15-21,29-30H,3-11,13-14H2,1-2H3;4,13,15-19,25-26H,3,5-12,14H2,1-2H3;2*1H4/t17-,18+,19?,20?,21-,23+,24-,25+;15-,16+,17?,18?,19-,21+,22-,23+;;/m11../s1. The van der Waals surface area contributed by atoms with Crippen molar-refractivity contribution in [2.24, 2.45) is 68.1 Å². The molecule has 1 aromatic heterocycles. The van der Waals surface area contributed by atoms with Gasteiger partial charge in [-0.15, -0.1) is 0 Å². The van der Waals surface area contributed by atoms with Gasteiger partial charge in [0.2, 0.25) is 0 Å². The van der Waals surface area contributed by atoms with Crippen LogP contribution in [0, 0.1) is 74.4 Å². The lowest BCUT2D eigenvalue weighted by molar-refractivity contribution is -0.208. The summed E-state index contributed by atoms with van der Waals surface area (Å²) in [5.74, 6) is 4.02. The van der Waals surface area contributed by atoms with Gasteiger partial charge in [-0.25, -0.2) is 4.98 Å².